The van der Waals surface area contributed by atoms with Crippen molar-refractivity contribution in [2.75, 3.05) is 4.90 Å². The Bertz CT molecular complexity index is 1170. The maximum absolute atomic E-state index is 5.82. The van der Waals surface area contributed by atoms with Crippen molar-refractivity contribution in [3.63, 3.8) is 0 Å². The van der Waals surface area contributed by atoms with Crippen LogP contribution in [0.25, 0.3) is 16.7 Å². The molecule has 3 heterocycles. The third kappa shape index (κ3) is 2.28. The number of hydrogen-bond donors (Lipinski definition) is 0. The summed E-state index contributed by atoms with van der Waals surface area (Å²) in [5, 5.41) is 0. The molecule has 4 aromatic rings. The minimum atomic E-state index is -0.309. The number of alkyl halides is 1. The normalized spacial score (nSPS) is 17.4. The zero-order valence-corrected chi connectivity index (χ0v) is 17.3. The first-order valence-corrected chi connectivity index (χ1v) is 11.2. The number of aromatic nitrogens is 3. The van der Waals surface area contributed by atoms with E-state index in [1.807, 2.05) is 31.2 Å². The number of halogens is 1. The summed E-state index contributed by atoms with van der Waals surface area (Å²) in [5.74, 6) is 1.90. The van der Waals surface area contributed by atoms with E-state index in [2.05, 4.69) is 46.6 Å². The zero-order chi connectivity index (χ0) is 17.8. The molecular formula is C20H16IN4S-. The Morgan fingerprint density at radius 3 is 2.54 bits per heavy atom. The predicted molar refractivity (Wildman–Crippen MR) is 105 cm³/mol. The average Bonchev–Trinajstić information content (AvgIpc) is 3.05. The van der Waals surface area contributed by atoms with Crippen LogP contribution in [0.5, 0.6) is 0 Å². The molecule has 2 aromatic heterocycles. The molecule has 0 amide bonds. The first-order chi connectivity index (χ1) is 12.6. The van der Waals surface area contributed by atoms with Gasteiger partial charge >= 0.3 is 168 Å². The van der Waals surface area contributed by atoms with Crippen LogP contribution in [0.4, 0.5) is 11.5 Å². The Hall–Kier alpha value is -2.06. The van der Waals surface area contributed by atoms with E-state index in [0.29, 0.717) is 3.92 Å². The summed E-state index contributed by atoms with van der Waals surface area (Å²) in [6, 6.07) is 18.6. The molecule has 0 N–H and O–H groups in total. The van der Waals surface area contributed by atoms with E-state index < -0.39 is 0 Å². The fourth-order valence-corrected chi connectivity index (χ4v) is 6.67. The topological polar surface area (TPSA) is 33.4 Å². The van der Waals surface area contributed by atoms with Crippen molar-refractivity contribution in [2.24, 2.45) is 0 Å². The molecule has 0 spiro atoms. The average molecular weight is 471 g/mol. The number of hydrogen-bond acceptors (Lipinski definition) is 3. The first kappa shape index (κ1) is 16.1. The standard InChI is InChI=1S/C20H16IN4S/c1-12-20(26)25(14-8-4-3-5-9-14)18-17(21-12)19-23-15-10-6-7-11-16(15)24(19)13(2)22-18/h3-12H,1-2H3/q-1. The van der Waals surface area contributed by atoms with Crippen molar-refractivity contribution in [2.45, 2.75) is 17.8 Å². The van der Waals surface area contributed by atoms with Crippen molar-refractivity contribution in [1.82, 2.24) is 14.4 Å². The van der Waals surface area contributed by atoms with Gasteiger partial charge in [-0.3, -0.25) is 0 Å². The summed E-state index contributed by atoms with van der Waals surface area (Å²) < 4.78 is 3.83. The van der Waals surface area contributed by atoms with Gasteiger partial charge in [-0.2, -0.15) is 0 Å². The van der Waals surface area contributed by atoms with Crippen LogP contribution in [0.2, 0.25) is 0 Å². The molecule has 0 saturated heterocycles. The second-order valence-electron chi connectivity index (χ2n) is 6.29. The molecule has 1 atom stereocenters. The molecule has 0 fully saturated rings. The van der Waals surface area contributed by atoms with Crippen LogP contribution in [0.3, 0.4) is 0 Å². The number of rotatable bonds is 1. The van der Waals surface area contributed by atoms with E-state index in [1.165, 1.54) is 3.57 Å². The number of anilines is 2. The van der Waals surface area contributed by atoms with E-state index in [4.69, 9.17) is 22.2 Å². The SMILES string of the molecule is Cc1nc2c(c3nc4ccccc4n13)[I-]C(C)C(=S)N2c1ccccc1. The summed E-state index contributed by atoms with van der Waals surface area (Å²) in [6.45, 7) is 4.28. The molecule has 1 unspecified atom stereocenters. The molecule has 1 aliphatic rings. The molecule has 0 saturated carbocycles. The zero-order valence-electron chi connectivity index (χ0n) is 14.3. The first-order valence-electron chi connectivity index (χ1n) is 8.45. The van der Waals surface area contributed by atoms with Crippen LogP contribution in [0.1, 0.15) is 12.7 Å². The number of imidazole rings is 1. The molecule has 2 aromatic carbocycles. The number of aryl methyl sites for hydroxylation is 1. The molecule has 0 radical (unpaired) electrons. The summed E-state index contributed by atoms with van der Waals surface area (Å²) >= 11 is 5.52. The number of nitrogens with zero attached hydrogens (tertiary/aromatic N) is 4. The molecule has 26 heavy (non-hydrogen) atoms. The van der Waals surface area contributed by atoms with Crippen molar-refractivity contribution in [1.29, 1.82) is 0 Å². The number of para-hydroxylation sites is 3. The van der Waals surface area contributed by atoms with Gasteiger partial charge in [0, 0.05) is 0 Å². The molecular weight excluding hydrogens is 455 g/mol. The van der Waals surface area contributed by atoms with Gasteiger partial charge in [0.2, 0.25) is 0 Å². The van der Waals surface area contributed by atoms with Crippen molar-refractivity contribution in [3.8, 4) is 0 Å². The van der Waals surface area contributed by atoms with Gasteiger partial charge in [-0.25, -0.2) is 0 Å². The fraction of sp³-hybridized carbons (Fsp3) is 0.150. The second-order valence-corrected chi connectivity index (χ2v) is 10.3. The number of benzene rings is 2. The molecule has 1 aliphatic heterocycles. The Labute approximate surface area is 167 Å². The van der Waals surface area contributed by atoms with Crippen LogP contribution >= 0.6 is 12.2 Å². The van der Waals surface area contributed by atoms with E-state index in [-0.39, 0.29) is 21.2 Å². The van der Waals surface area contributed by atoms with Crippen LogP contribution in [-0.2, 0) is 0 Å². The van der Waals surface area contributed by atoms with Crippen LogP contribution < -0.4 is 26.1 Å². The minimum absolute atomic E-state index is 0.309. The van der Waals surface area contributed by atoms with Crippen molar-refractivity contribution < 1.29 is 21.2 Å². The molecule has 0 bridgehead atoms. The fourth-order valence-electron chi connectivity index (χ4n) is 3.42. The maximum atomic E-state index is 5.82. The Balaban J connectivity index is 1.86. The molecule has 130 valence electrons. The van der Waals surface area contributed by atoms with E-state index in [9.17, 15) is 0 Å². The number of fused-ring (bicyclic) bond motifs is 5. The summed E-state index contributed by atoms with van der Waals surface area (Å²) in [7, 11) is 0. The van der Waals surface area contributed by atoms with E-state index in [1.54, 1.807) is 0 Å². The second kappa shape index (κ2) is 5.99. The molecule has 5 rings (SSSR count). The molecule has 6 heteroatoms. The third-order valence-corrected chi connectivity index (χ3v) is 8.67. The van der Waals surface area contributed by atoms with Gasteiger partial charge in [0.05, 0.1) is 0 Å². The summed E-state index contributed by atoms with van der Waals surface area (Å²) in [5.41, 5.74) is 4.24. The van der Waals surface area contributed by atoms with Gasteiger partial charge in [-0.1, -0.05) is 0 Å². The van der Waals surface area contributed by atoms with Crippen LogP contribution in [0.15, 0.2) is 54.6 Å². The summed E-state index contributed by atoms with van der Waals surface area (Å²) in [6.07, 6.45) is 0. The van der Waals surface area contributed by atoms with Gasteiger partial charge in [0.15, 0.2) is 0 Å². The molecule has 0 aliphatic carbocycles. The van der Waals surface area contributed by atoms with Crippen molar-refractivity contribution >= 4 is 45.4 Å². The van der Waals surface area contributed by atoms with Crippen molar-refractivity contribution in [3.05, 3.63) is 64.0 Å². The van der Waals surface area contributed by atoms with Gasteiger partial charge in [-0.15, -0.1) is 0 Å². The Kier molecular flexibility index (Phi) is 3.72. The van der Waals surface area contributed by atoms with Gasteiger partial charge in [-0.05, 0) is 0 Å². The van der Waals surface area contributed by atoms with Crippen LogP contribution in [0, 0.1) is 10.5 Å². The monoisotopic (exact) mass is 471 g/mol. The quantitative estimate of drug-likeness (QED) is 0.238. The van der Waals surface area contributed by atoms with Gasteiger partial charge < -0.3 is 0 Å². The molecule has 4 nitrogen and oxygen atoms in total. The Morgan fingerprint density at radius 2 is 1.73 bits per heavy atom. The summed E-state index contributed by atoms with van der Waals surface area (Å²) in [4.78, 5) is 13.1. The van der Waals surface area contributed by atoms with Gasteiger partial charge in [0.1, 0.15) is 0 Å². The third-order valence-electron chi connectivity index (χ3n) is 4.60. The van der Waals surface area contributed by atoms with E-state index >= 15 is 0 Å². The van der Waals surface area contributed by atoms with Gasteiger partial charge in [0.25, 0.3) is 0 Å². The van der Waals surface area contributed by atoms with E-state index in [0.717, 1.165) is 39.0 Å². The predicted octanol–water partition coefficient (Wildman–Crippen LogP) is 1.32. The van der Waals surface area contributed by atoms with Crippen LogP contribution in [-0.4, -0.2) is 23.3 Å². The number of thiocarbonyl (C=S) groups is 1. The Morgan fingerprint density at radius 1 is 1.00 bits per heavy atom.